The van der Waals surface area contributed by atoms with Gasteiger partial charge in [-0.25, -0.2) is 0 Å². The molecule has 1 fully saturated rings. The average Bonchev–Trinajstić information content (AvgIpc) is 2.21. The Morgan fingerprint density at radius 2 is 2.43 bits per heavy atom. The largest absolute Gasteiger partial charge is 0.300 e. The van der Waals surface area contributed by atoms with E-state index in [9.17, 15) is 0 Å². The van der Waals surface area contributed by atoms with E-state index >= 15 is 0 Å². The fourth-order valence-electron chi connectivity index (χ4n) is 1.42. The summed E-state index contributed by atoms with van der Waals surface area (Å²) in [7, 11) is 0. The normalized spacial score (nSPS) is 27.6. The van der Waals surface area contributed by atoms with Crippen LogP contribution in [0.3, 0.4) is 0 Å². The molecule has 2 unspecified atom stereocenters. The molecule has 0 aromatic carbocycles. The maximum absolute atomic E-state index is 4.40. The molecule has 4 heteroatoms. The molecule has 2 heterocycles. The number of nitrogens with zero attached hydrogens (tertiary/aromatic N) is 1. The van der Waals surface area contributed by atoms with Crippen LogP contribution in [0.1, 0.15) is 18.0 Å². The van der Waals surface area contributed by atoms with Gasteiger partial charge in [-0.15, -0.1) is 11.8 Å². The van der Waals surface area contributed by atoms with Crippen LogP contribution in [0.15, 0.2) is 22.8 Å². The summed E-state index contributed by atoms with van der Waals surface area (Å²) in [5.74, 6) is 1.99. The topological polar surface area (TPSA) is 24.9 Å². The van der Waals surface area contributed by atoms with Crippen LogP contribution in [0.2, 0.25) is 0 Å². The van der Waals surface area contributed by atoms with Crippen molar-refractivity contribution >= 4 is 27.7 Å². The predicted octanol–water partition coefficient (Wildman–Crippen LogP) is 2.82. The summed E-state index contributed by atoms with van der Waals surface area (Å²) < 4.78 is 1.04. The summed E-state index contributed by atoms with van der Waals surface area (Å²) in [6.45, 7) is 3.36. The Morgan fingerprint density at radius 3 is 3.00 bits per heavy atom. The first-order chi connectivity index (χ1) is 6.75. The lowest BCUT2D eigenvalue weighted by atomic mass is 10.2. The van der Waals surface area contributed by atoms with E-state index < -0.39 is 0 Å². The van der Waals surface area contributed by atoms with Crippen molar-refractivity contribution < 1.29 is 0 Å². The van der Waals surface area contributed by atoms with Crippen LogP contribution in [-0.4, -0.2) is 17.3 Å². The number of aromatic nitrogens is 1. The van der Waals surface area contributed by atoms with Crippen molar-refractivity contribution in [2.45, 2.75) is 12.3 Å². The van der Waals surface area contributed by atoms with E-state index in [1.54, 1.807) is 0 Å². The summed E-state index contributed by atoms with van der Waals surface area (Å²) in [6.07, 6.45) is 1.86. The maximum atomic E-state index is 4.40. The second kappa shape index (κ2) is 4.64. The lowest BCUT2D eigenvalue weighted by Gasteiger charge is -2.26. The fourth-order valence-corrected chi connectivity index (χ4v) is 2.82. The molecule has 14 heavy (non-hydrogen) atoms. The molecule has 1 aliphatic rings. The molecule has 0 spiro atoms. The highest BCUT2D eigenvalue weighted by atomic mass is 79.9. The van der Waals surface area contributed by atoms with Crippen molar-refractivity contribution in [1.82, 2.24) is 10.3 Å². The zero-order valence-corrected chi connectivity index (χ0v) is 10.4. The van der Waals surface area contributed by atoms with Gasteiger partial charge in [0, 0.05) is 10.7 Å². The Bertz CT molecular complexity index is 293. The molecule has 1 aliphatic heterocycles. The van der Waals surface area contributed by atoms with Crippen molar-refractivity contribution in [3.05, 3.63) is 28.5 Å². The first kappa shape index (κ1) is 10.5. The number of thioether (sulfide) groups is 1. The summed E-state index contributed by atoms with van der Waals surface area (Å²) in [5.41, 5.74) is 1.13. The minimum atomic E-state index is 0.374. The molecule has 0 bridgehead atoms. The molecule has 0 aliphatic carbocycles. The first-order valence-corrected chi connectivity index (χ1v) is 6.56. The van der Waals surface area contributed by atoms with E-state index in [-0.39, 0.29) is 0 Å². The quantitative estimate of drug-likeness (QED) is 0.851. The third kappa shape index (κ3) is 2.49. The minimum Gasteiger partial charge on any atom is -0.300 e. The molecular weight excluding hydrogens is 260 g/mol. The van der Waals surface area contributed by atoms with E-state index in [2.05, 4.69) is 39.2 Å². The Kier molecular flexibility index (Phi) is 3.47. The molecule has 2 rings (SSSR count). The van der Waals surface area contributed by atoms with Gasteiger partial charge in [-0.05, 0) is 46.3 Å². The highest BCUT2D eigenvalue weighted by molar-refractivity contribution is 9.10. The van der Waals surface area contributed by atoms with Crippen molar-refractivity contribution in [2.24, 2.45) is 5.92 Å². The van der Waals surface area contributed by atoms with Gasteiger partial charge >= 0.3 is 0 Å². The summed E-state index contributed by atoms with van der Waals surface area (Å²) in [5, 5.41) is 3.86. The molecule has 0 saturated carbocycles. The molecule has 0 radical (unpaired) electrons. The van der Waals surface area contributed by atoms with Crippen molar-refractivity contribution in [3.63, 3.8) is 0 Å². The standard InChI is InChI=1S/C10H13BrN2S/c1-7-4-13-10(14-6-7)9-3-2-8(11)5-12-9/h2-3,5,7,10,13H,4,6H2,1H3. The zero-order valence-electron chi connectivity index (χ0n) is 8.03. The lowest BCUT2D eigenvalue weighted by molar-refractivity contribution is 0.525. The first-order valence-electron chi connectivity index (χ1n) is 4.72. The lowest BCUT2D eigenvalue weighted by Crippen LogP contribution is -2.31. The molecule has 1 aromatic rings. The van der Waals surface area contributed by atoms with Gasteiger partial charge in [-0.3, -0.25) is 4.98 Å². The number of halogens is 1. The second-order valence-electron chi connectivity index (χ2n) is 3.63. The van der Waals surface area contributed by atoms with E-state index in [0.29, 0.717) is 5.37 Å². The predicted molar refractivity (Wildman–Crippen MR) is 64.3 cm³/mol. The van der Waals surface area contributed by atoms with E-state index in [1.807, 2.05) is 24.0 Å². The molecule has 2 nitrogen and oxygen atoms in total. The van der Waals surface area contributed by atoms with Crippen molar-refractivity contribution in [3.8, 4) is 0 Å². The number of nitrogens with one attached hydrogen (secondary N) is 1. The van der Waals surface area contributed by atoms with Crippen LogP contribution in [0.5, 0.6) is 0 Å². The summed E-state index contributed by atoms with van der Waals surface area (Å²) in [6, 6.07) is 4.12. The molecule has 1 saturated heterocycles. The van der Waals surface area contributed by atoms with Gasteiger partial charge in [0.2, 0.25) is 0 Å². The molecular formula is C10H13BrN2S. The van der Waals surface area contributed by atoms with Gasteiger partial charge in [-0.1, -0.05) is 6.92 Å². The van der Waals surface area contributed by atoms with Crippen LogP contribution < -0.4 is 5.32 Å². The summed E-state index contributed by atoms with van der Waals surface area (Å²) >= 11 is 5.33. The van der Waals surface area contributed by atoms with E-state index in [1.165, 1.54) is 5.75 Å². The van der Waals surface area contributed by atoms with Crippen molar-refractivity contribution in [2.75, 3.05) is 12.3 Å². The Balaban J connectivity index is 2.05. The van der Waals surface area contributed by atoms with Gasteiger partial charge in [0.15, 0.2) is 0 Å². The Hall–Kier alpha value is -0.0600. The van der Waals surface area contributed by atoms with Gasteiger partial charge in [0.05, 0.1) is 11.1 Å². The number of hydrogen-bond acceptors (Lipinski definition) is 3. The third-order valence-corrected chi connectivity index (χ3v) is 4.19. The number of rotatable bonds is 1. The monoisotopic (exact) mass is 272 g/mol. The van der Waals surface area contributed by atoms with Crippen LogP contribution in [0.4, 0.5) is 0 Å². The fraction of sp³-hybridized carbons (Fsp3) is 0.500. The van der Waals surface area contributed by atoms with Crippen LogP contribution in [0, 0.1) is 5.92 Å². The van der Waals surface area contributed by atoms with Crippen LogP contribution in [0.25, 0.3) is 0 Å². The van der Waals surface area contributed by atoms with E-state index in [4.69, 9.17) is 0 Å². The van der Waals surface area contributed by atoms with Crippen LogP contribution in [-0.2, 0) is 0 Å². The SMILES string of the molecule is CC1CNC(c2ccc(Br)cn2)SC1. The average molecular weight is 273 g/mol. The minimum absolute atomic E-state index is 0.374. The highest BCUT2D eigenvalue weighted by Gasteiger charge is 2.19. The Labute approximate surface area is 97.0 Å². The summed E-state index contributed by atoms with van der Waals surface area (Å²) in [4.78, 5) is 4.40. The van der Waals surface area contributed by atoms with Gasteiger partial charge in [-0.2, -0.15) is 0 Å². The third-order valence-electron chi connectivity index (χ3n) is 2.22. The Morgan fingerprint density at radius 1 is 1.57 bits per heavy atom. The molecule has 76 valence electrons. The maximum Gasteiger partial charge on any atom is 0.0962 e. The van der Waals surface area contributed by atoms with Gasteiger partial charge in [0.25, 0.3) is 0 Å². The van der Waals surface area contributed by atoms with Crippen LogP contribution >= 0.6 is 27.7 Å². The second-order valence-corrected chi connectivity index (χ2v) is 5.68. The van der Waals surface area contributed by atoms with E-state index in [0.717, 1.165) is 22.6 Å². The smallest absolute Gasteiger partial charge is 0.0962 e. The molecule has 1 aromatic heterocycles. The van der Waals surface area contributed by atoms with Crippen molar-refractivity contribution in [1.29, 1.82) is 0 Å². The van der Waals surface area contributed by atoms with Gasteiger partial charge < -0.3 is 5.32 Å². The van der Waals surface area contributed by atoms with Gasteiger partial charge in [0.1, 0.15) is 0 Å². The highest BCUT2D eigenvalue weighted by Crippen LogP contribution is 2.30. The number of pyridine rings is 1. The molecule has 0 amide bonds. The molecule has 1 N–H and O–H groups in total. The number of hydrogen-bond donors (Lipinski definition) is 1. The zero-order chi connectivity index (χ0) is 9.97. The molecule has 2 atom stereocenters.